The summed E-state index contributed by atoms with van der Waals surface area (Å²) in [6.45, 7) is 15.7. The van der Waals surface area contributed by atoms with Gasteiger partial charge in [-0.1, -0.05) is 24.1 Å². The minimum atomic E-state index is -4.48. The van der Waals surface area contributed by atoms with E-state index >= 15 is 0 Å². The van der Waals surface area contributed by atoms with Crippen LogP contribution in [0.2, 0.25) is 0 Å². The Labute approximate surface area is 266 Å². The number of hydrogen-bond acceptors (Lipinski definition) is 3. The minimum absolute atomic E-state index is 0.0212. The van der Waals surface area contributed by atoms with Crippen molar-refractivity contribution < 1.29 is 40.5 Å². The molecule has 1 N–H and O–H groups in total. The van der Waals surface area contributed by atoms with E-state index in [4.69, 9.17) is 23.9 Å². The first-order chi connectivity index (χ1) is 20.1. The maximum atomic E-state index is 13.7. The Morgan fingerprint density at radius 2 is 1.65 bits per heavy atom. The van der Waals surface area contributed by atoms with Gasteiger partial charge in [0, 0.05) is 5.69 Å². The SMILES string of the molecule is CCOP(=O)(c1ccc(C(F)(F)F)cc1)c1ccc([OH+]C(C)C)c([CH]=[Ru]([Cl])[Cl])c1.Cc1cc(C)c(N2[CH-]CCC2)c(C)c1. The molecule has 0 aromatic heterocycles. The van der Waals surface area contributed by atoms with Crippen LogP contribution in [-0.2, 0) is 28.8 Å². The van der Waals surface area contributed by atoms with Gasteiger partial charge < -0.3 is 4.90 Å². The first-order valence-electron chi connectivity index (χ1n) is 13.9. The van der Waals surface area contributed by atoms with Crippen molar-refractivity contribution in [1.82, 2.24) is 0 Å². The van der Waals surface area contributed by atoms with Crippen LogP contribution in [0, 0.1) is 27.3 Å². The molecule has 0 saturated carbocycles. The predicted molar refractivity (Wildman–Crippen MR) is 172 cm³/mol. The number of nitrogens with zero attached hydrogens (tertiary/aromatic N) is 1. The summed E-state index contributed by atoms with van der Waals surface area (Å²) >= 11 is -2.20. The number of halogens is 5. The summed E-state index contributed by atoms with van der Waals surface area (Å²) in [5.41, 5.74) is 5.41. The van der Waals surface area contributed by atoms with Crippen LogP contribution in [0.25, 0.3) is 0 Å². The van der Waals surface area contributed by atoms with E-state index in [0.29, 0.717) is 16.6 Å². The molecule has 11 heteroatoms. The number of ether oxygens (including phenoxy) is 1. The molecule has 4 nitrogen and oxygen atoms in total. The van der Waals surface area contributed by atoms with E-state index in [1.54, 1.807) is 29.7 Å². The largest absolute Gasteiger partial charge is 0.522 e. The van der Waals surface area contributed by atoms with Gasteiger partial charge in [-0.05, 0) is 38.4 Å². The van der Waals surface area contributed by atoms with E-state index in [-0.39, 0.29) is 18.0 Å². The second kappa shape index (κ2) is 15.5. The van der Waals surface area contributed by atoms with Crippen molar-refractivity contribution >= 4 is 47.7 Å². The topological polar surface area (TPSA) is 42.3 Å². The van der Waals surface area contributed by atoms with Crippen LogP contribution in [0.1, 0.15) is 61.4 Å². The normalized spacial score (nSPS) is 15.1. The van der Waals surface area contributed by atoms with Crippen LogP contribution in [0.4, 0.5) is 18.9 Å². The van der Waals surface area contributed by atoms with Gasteiger partial charge in [0.15, 0.2) is 0 Å². The molecular weight excluding hydrogens is 706 g/mol. The molecule has 4 rings (SSSR count). The molecule has 1 aliphatic rings. The Kier molecular flexibility index (Phi) is 12.9. The molecule has 0 spiro atoms. The molecule has 3 aromatic carbocycles. The summed E-state index contributed by atoms with van der Waals surface area (Å²) in [5.74, 6) is 0.652. The first-order valence-corrected chi connectivity index (χ1v) is 21.0. The van der Waals surface area contributed by atoms with E-state index < -0.39 is 32.6 Å². The van der Waals surface area contributed by atoms with Crippen molar-refractivity contribution in [3.8, 4) is 5.75 Å². The summed E-state index contributed by atoms with van der Waals surface area (Å²) in [6.07, 6.45) is -1.93. The Morgan fingerprint density at radius 1 is 1.05 bits per heavy atom. The van der Waals surface area contributed by atoms with Crippen LogP contribution in [0.15, 0.2) is 54.6 Å². The molecular formula is C32H39Cl2F3NO3PRu. The van der Waals surface area contributed by atoms with E-state index in [2.05, 4.69) is 49.1 Å². The van der Waals surface area contributed by atoms with Crippen molar-refractivity contribution in [2.45, 2.75) is 66.7 Å². The van der Waals surface area contributed by atoms with Gasteiger partial charge in [0.2, 0.25) is 0 Å². The first kappa shape index (κ1) is 35.8. The summed E-state index contributed by atoms with van der Waals surface area (Å²) in [6, 6.07) is 13.7. The molecule has 1 saturated heterocycles. The van der Waals surface area contributed by atoms with Crippen molar-refractivity contribution in [1.29, 1.82) is 0 Å². The van der Waals surface area contributed by atoms with E-state index in [1.165, 1.54) is 53.9 Å². The zero-order chi connectivity index (χ0) is 31.9. The molecule has 3 aromatic rings. The molecule has 0 aliphatic carbocycles. The Bertz CT molecular complexity index is 1450. The number of benzene rings is 3. The fraction of sp³-hybridized carbons (Fsp3) is 0.375. The van der Waals surface area contributed by atoms with E-state index in [9.17, 15) is 17.7 Å². The van der Waals surface area contributed by atoms with Gasteiger partial charge in [-0.25, -0.2) is 6.54 Å². The fourth-order valence-electron chi connectivity index (χ4n) is 5.04. The maximum absolute atomic E-state index is 13.7. The Balaban J connectivity index is 0.000000299. The number of alkyl halides is 3. The molecule has 1 unspecified atom stereocenters. The van der Waals surface area contributed by atoms with Crippen LogP contribution in [0.5, 0.6) is 5.75 Å². The molecule has 0 radical (unpaired) electrons. The van der Waals surface area contributed by atoms with Gasteiger partial charge >= 0.3 is 181 Å². The maximum Gasteiger partial charge on any atom is 0.0130 e. The van der Waals surface area contributed by atoms with Gasteiger partial charge in [-0.15, -0.1) is 0 Å². The smallest absolute Gasteiger partial charge is 0.0130 e. The van der Waals surface area contributed by atoms with Crippen molar-refractivity contribution in [3.05, 3.63) is 89.0 Å². The third-order valence-electron chi connectivity index (χ3n) is 6.66. The molecule has 1 fully saturated rings. The number of aliphatic hydroxyl groups is 1. The van der Waals surface area contributed by atoms with E-state index in [1.807, 2.05) is 13.8 Å². The molecule has 0 bridgehead atoms. The van der Waals surface area contributed by atoms with Crippen molar-refractivity contribution in [2.24, 2.45) is 0 Å². The summed E-state index contributed by atoms with van der Waals surface area (Å²) in [5, 5.41) is 0.523. The standard InChI is InChI=1S/C19H20F3O3P.C13H18N.2ClH.Ru/c1-5-24-26(23,16-8-6-15(7-9-16)19(20,21)22)17-10-11-18(14(4)12-17)25-13(2)3;1-10-8-11(2)13(12(3)9-10)14-6-4-5-7-14;;;/h4,6-13H,5H2,1-3H3;6,8-9H,4-5,7H2,1-3H3;2*1H;/q;-1;;;+2/p-1. The molecule has 0 amide bonds. The average molecular weight is 746 g/mol. The Morgan fingerprint density at radius 3 is 2.14 bits per heavy atom. The number of anilines is 1. The van der Waals surface area contributed by atoms with Gasteiger partial charge in [0.1, 0.15) is 0 Å². The number of aryl methyl sites for hydroxylation is 3. The molecule has 1 aliphatic heterocycles. The molecule has 43 heavy (non-hydrogen) atoms. The van der Waals surface area contributed by atoms with Crippen LogP contribution >= 0.6 is 26.8 Å². The van der Waals surface area contributed by atoms with Gasteiger partial charge in [0.05, 0.1) is 0 Å². The molecule has 1 atom stereocenters. The zero-order valence-electron chi connectivity index (χ0n) is 25.2. The third-order valence-corrected chi connectivity index (χ3v) is 11.0. The number of aromatic hydroxyl groups is 1. The third kappa shape index (κ3) is 9.65. The quantitative estimate of drug-likeness (QED) is 0.100. The van der Waals surface area contributed by atoms with Gasteiger partial charge in [0.25, 0.3) is 0 Å². The van der Waals surface area contributed by atoms with Crippen molar-refractivity contribution in [2.75, 3.05) is 18.1 Å². The van der Waals surface area contributed by atoms with Gasteiger partial charge in [-0.2, -0.15) is 6.42 Å². The summed E-state index contributed by atoms with van der Waals surface area (Å²) < 4.78 is 64.2. The second-order valence-electron chi connectivity index (χ2n) is 10.6. The van der Waals surface area contributed by atoms with Crippen LogP contribution in [0.3, 0.4) is 0 Å². The van der Waals surface area contributed by atoms with Gasteiger partial charge in [-0.3, -0.25) is 0 Å². The fourth-order valence-corrected chi connectivity index (χ4v) is 8.92. The van der Waals surface area contributed by atoms with Crippen LogP contribution in [-0.4, -0.2) is 28.6 Å². The summed E-state index contributed by atoms with van der Waals surface area (Å²) in [7, 11) is 8.44. The summed E-state index contributed by atoms with van der Waals surface area (Å²) in [4.78, 5) is 2.41. The number of rotatable bonds is 8. The van der Waals surface area contributed by atoms with Crippen LogP contribution < -0.4 is 15.5 Å². The van der Waals surface area contributed by atoms with E-state index in [0.717, 1.165) is 12.1 Å². The zero-order valence-corrected chi connectivity index (χ0v) is 29.3. The Hall–Kier alpha value is -1.69. The second-order valence-corrected chi connectivity index (χ2v) is 18.7. The average Bonchev–Trinajstić information content (AvgIpc) is 3.43. The molecule has 1 heterocycles. The minimum Gasteiger partial charge on any atom is -0.522 e. The predicted octanol–water partition coefficient (Wildman–Crippen LogP) is 9.07. The van der Waals surface area contributed by atoms with Crippen molar-refractivity contribution in [3.63, 3.8) is 0 Å². The number of hydrogen-bond donors (Lipinski definition) is 0. The molecule has 238 valence electrons. The monoisotopic (exact) mass is 745 g/mol.